The van der Waals surface area contributed by atoms with Crippen LogP contribution in [0.5, 0.6) is 0 Å². The van der Waals surface area contributed by atoms with Crippen molar-refractivity contribution in [2.24, 2.45) is 11.8 Å². The Morgan fingerprint density at radius 3 is 2.76 bits per heavy atom. The molecule has 0 bridgehead atoms. The lowest BCUT2D eigenvalue weighted by Gasteiger charge is -2.29. The lowest BCUT2D eigenvalue weighted by molar-refractivity contribution is 0.0291. The Bertz CT molecular complexity index is 443. The van der Waals surface area contributed by atoms with Crippen LogP contribution < -0.4 is 0 Å². The number of hydrogen-bond donors (Lipinski definition) is 0. The Morgan fingerprint density at radius 1 is 1.38 bits per heavy atom. The molecule has 0 spiro atoms. The normalized spacial score (nSPS) is 21.3. The van der Waals surface area contributed by atoms with Gasteiger partial charge in [-0.05, 0) is 61.3 Å². The van der Waals surface area contributed by atoms with Crippen molar-refractivity contribution in [2.45, 2.75) is 46.0 Å². The molecule has 2 heteroatoms. The quantitative estimate of drug-likeness (QED) is 0.675. The monoisotopic (exact) mass is 290 g/mol. The number of hydrogen-bond acceptors (Lipinski definition) is 1. The second-order valence-electron chi connectivity index (χ2n) is 6.16. The van der Waals surface area contributed by atoms with E-state index in [2.05, 4.69) is 19.9 Å². The zero-order chi connectivity index (χ0) is 15.1. The Labute approximate surface area is 128 Å². The van der Waals surface area contributed by atoms with Crippen molar-refractivity contribution in [3.63, 3.8) is 0 Å². The maximum atomic E-state index is 13.0. The molecule has 2 rings (SSSR count). The van der Waals surface area contributed by atoms with Crippen LogP contribution in [0.15, 0.2) is 30.3 Å². The second-order valence-corrected chi connectivity index (χ2v) is 6.16. The molecule has 0 amide bonds. The molecule has 1 aliphatic rings. The summed E-state index contributed by atoms with van der Waals surface area (Å²) in [6.07, 6.45) is 8.42. The summed E-state index contributed by atoms with van der Waals surface area (Å²) in [5, 5.41) is 0. The fraction of sp³-hybridized carbons (Fsp3) is 0.579. The average molecular weight is 290 g/mol. The first-order chi connectivity index (χ1) is 10.2. The molecule has 0 N–H and O–H groups in total. The molecular formula is C19H27FO. The number of halogens is 1. The first-order valence-corrected chi connectivity index (χ1v) is 8.21. The smallest absolute Gasteiger partial charge is 0.123 e. The van der Waals surface area contributed by atoms with Crippen LogP contribution in [0.25, 0.3) is 5.57 Å². The lowest BCUT2D eigenvalue weighted by atomic mass is 9.82. The van der Waals surface area contributed by atoms with Crippen LogP contribution in [-0.4, -0.2) is 13.2 Å². The van der Waals surface area contributed by atoms with Gasteiger partial charge in [0.1, 0.15) is 5.82 Å². The van der Waals surface area contributed by atoms with Gasteiger partial charge in [0.2, 0.25) is 0 Å². The van der Waals surface area contributed by atoms with Gasteiger partial charge >= 0.3 is 0 Å². The summed E-state index contributed by atoms with van der Waals surface area (Å²) in [4.78, 5) is 0. The standard InChI is InChI=1S/C19H27FO/c1-3-5-17(18-6-4-13-21-14-18)8-7-15(2)16-9-11-19(20)12-10-16/h7,9-12,17-18H,3-6,8,13-14H2,1-2H3. The van der Waals surface area contributed by atoms with E-state index in [0.717, 1.165) is 25.2 Å². The predicted molar refractivity (Wildman–Crippen MR) is 86.6 cm³/mol. The lowest BCUT2D eigenvalue weighted by Crippen LogP contribution is -2.24. The molecule has 1 heterocycles. The number of rotatable bonds is 6. The highest BCUT2D eigenvalue weighted by Crippen LogP contribution is 2.30. The fourth-order valence-corrected chi connectivity index (χ4v) is 3.21. The van der Waals surface area contributed by atoms with E-state index in [1.54, 1.807) is 0 Å². The molecule has 116 valence electrons. The molecule has 1 aromatic carbocycles. The minimum absolute atomic E-state index is 0.172. The molecular weight excluding hydrogens is 263 g/mol. The van der Waals surface area contributed by atoms with Gasteiger partial charge in [0.05, 0.1) is 0 Å². The molecule has 1 saturated heterocycles. The Morgan fingerprint density at radius 2 is 2.14 bits per heavy atom. The Hall–Kier alpha value is -1.15. The molecule has 21 heavy (non-hydrogen) atoms. The highest BCUT2D eigenvalue weighted by atomic mass is 19.1. The van der Waals surface area contributed by atoms with Crippen LogP contribution >= 0.6 is 0 Å². The van der Waals surface area contributed by atoms with E-state index in [9.17, 15) is 4.39 Å². The van der Waals surface area contributed by atoms with Crippen molar-refractivity contribution in [2.75, 3.05) is 13.2 Å². The first-order valence-electron chi connectivity index (χ1n) is 8.21. The van der Waals surface area contributed by atoms with E-state index >= 15 is 0 Å². The summed E-state index contributed by atoms with van der Waals surface area (Å²) in [5.41, 5.74) is 2.36. The molecule has 0 radical (unpaired) electrons. The summed E-state index contributed by atoms with van der Waals surface area (Å²) in [7, 11) is 0. The number of ether oxygens (including phenoxy) is 1. The molecule has 0 aliphatic carbocycles. The highest BCUT2D eigenvalue weighted by molar-refractivity contribution is 5.63. The summed E-state index contributed by atoms with van der Waals surface area (Å²) in [6.45, 7) is 6.23. The summed E-state index contributed by atoms with van der Waals surface area (Å²) in [5.74, 6) is 1.25. The molecule has 2 unspecified atom stereocenters. The van der Waals surface area contributed by atoms with Crippen molar-refractivity contribution in [1.82, 2.24) is 0 Å². The van der Waals surface area contributed by atoms with Crippen molar-refractivity contribution in [1.29, 1.82) is 0 Å². The first kappa shape index (κ1) is 16.2. The fourth-order valence-electron chi connectivity index (χ4n) is 3.21. The van der Waals surface area contributed by atoms with Crippen molar-refractivity contribution in [3.8, 4) is 0 Å². The van der Waals surface area contributed by atoms with Crippen LogP contribution in [0, 0.1) is 17.7 Å². The van der Waals surface area contributed by atoms with Gasteiger partial charge in [0, 0.05) is 13.2 Å². The number of allylic oxidation sites excluding steroid dienone is 2. The number of benzene rings is 1. The van der Waals surface area contributed by atoms with E-state index in [-0.39, 0.29) is 5.82 Å². The van der Waals surface area contributed by atoms with Crippen LogP contribution in [0.2, 0.25) is 0 Å². The largest absolute Gasteiger partial charge is 0.381 e. The van der Waals surface area contributed by atoms with Crippen LogP contribution in [0.3, 0.4) is 0 Å². The van der Waals surface area contributed by atoms with Crippen molar-refractivity contribution >= 4 is 5.57 Å². The molecule has 1 fully saturated rings. The van der Waals surface area contributed by atoms with Gasteiger partial charge in [-0.1, -0.05) is 38.0 Å². The van der Waals surface area contributed by atoms with E-state index in [4.69, 9.17) is 4.74 Å². The summed E-state index contributed by atoms with van der Waals surface area (Å²) in [6, 6.07) is 6.79. The third-order valence-corrected chi connectivity index (χ3v) is 4.55. The third kappa shape index (κ3) is 4.96. The highest BCUT2D eigenvalue weighted by Gasteiger charge is 2.22. The van der Waals surface area contributed by atoms with Gasteiger partial charge in [0.15, 0.2) is 0 Å². The Kier molecular flexibility index (Phi) is 6.44. The van der Waals surface area contributed by atoms with Gasteiger partial charge in [-0.25, -0.2) is 4.39 Å². The predicted octanol–water partition coefficient (Wildman–Crippen LogP) is 5.46. The molecule has 0 saturated carbocycles. The molecule has 1 aliphatic heterocycles. The van der Waals surface area contributed by atoms with Gasteiger partial charge in [-0.15, -0.1) is 0 Å². The van der Waals surface area contributed by atoms with Crippen LogP contribution in [0.1, 0.15) is 51.5 Å². The zero-order valence-electron chi connectivity index (χ0n) is 13.3. The van der Waals surface area contributed by atoms with Gasteiger partial charge in [0.25, 0.3) is 0 Å². The maximum absolute atomic E-state index is 13.0. The van der Waals surface area contributed by atoms with E-state index in [0.29, 0.717) is 11.8 Å². The summed E-state index contributed by atoms with van der Waals surface area (Å²) < 4.78 is 18.6. The van der Waals surface area contributed by atoms with Crippen molar-refractivity contribution < 1.29 is 9.13 Å². The molecule has 1 aromatic rings. The minimum Gasteiger partial charge on any atom is -0.381 e. The maximum Gasteiger partial charge on any atom is 0.123 e. The molecule has 0 aromatic heterocycles. The van der Waals surface area contributed by atoms with E-state index < -0.39 is 0 Å². The van der Waals surface area contributed by atoms with Gasteiger partial charge in [-0.3, -0.25) is 0 Å². The van der Waals surface area contributed by atoms with E-state index in [1.807, 2.05) is 12.1 Å². The van der Waals surface area contributed by atoms with Crippen molar-refractivity contribution in [3.05, 3.63) is 41.7 Å². The average Bonchev–Trinajstić information content (AvgIpc) is 2.52. The van der Waals surface area contributed by atoms with Crippen LogP contribution in [0.4, 0.5) is 4.39 Å². The van der Waals surface area contributed by atoms with Gasteiger partial charge in [-0.2, -0.15) is 0 Å². The zero-order valence-corrected chi connectivity index (χ0v) is 13.3. The molecule has 2 atom stereocenters. The van der Waals surface area contributed by atoms with Crippen LogP contribution in [-0.2, 0) is 4.74 Å². The molecule has 1 nitrogen and oxygen atoms in total. The Balaban J connectivity index is 1.98. The minimum atomic E-state index is -0.172. The SMILES string of the molecule is CCCC(CC=C(C)c1ccc(F)cc1)C1CCCOC1. The van der Waals surface area contributed by atoms with E-state index in [1.165, 1.54) is 43.4 Å². The third-order valence-electron chi connectivity index (χ3n) is 4.55. The topological polar surface area (TPSA) is 9.23 Å². The summed E-state index contributed by atoms with van der Waals surface area (Å²) >= 11 is 0. The van der Waals surface area contributed by atoms with Gasteiger partial charge < -0.3 is 4.74 Å². The second kappa shape index (κ2) is 8.33.